The van der Waals surface area contributed by atoms with Crippen LogP contribution in [-0.4, -0.2) is 204 Å². The van der Waals surface area contributed by atoms with Crippen LogP contribution < -0.4 is 0 Å². The summed E-state index contributed by atoms with van der Waals surface area (Å²) in [6.45, 7) is 3.36. The Kier molecular flexibility index (Phi) is 49.5. The number of carbonyl (C=O) groups is 3. The normalized spacial score (nSPS) is 27.9. The smallest absolute Gasteiger partial charge is 0.462 e. The highest BCUT2D eigenvalue weighted by atomic mass is 31.2. The molecule has 0 spiro atoms. The first-order valence-electron chi connectivity index (χ1n) is 37.7. The average molecular weight is 1410 g/mol. The van der Waals surface area contributed by atoms with E-state index in [2.05, 4.69) is 20.8 Å². The van der Waals surface area contributed by atoms with E-state index < -0.39 is 156 Å². The zero-order valence-corrected chi connectivity index (χ0v) is 60.0. The van der Waals surface area contributed by atoms with Crippen molar-refractivity contribution in [2.45, 2.75) is 388 Å². The van der Waals surface area contributed by atoms with Crippen LogP contribution in [0.25, 0.3) is 0 Å². The van der Waals surface area contributed by atoms with Gasteiger partial charge in [0, 0.05) is 18.9 Å². The van der Waals surface area contributed by atoms with Crippen LogP contribution in [0.5, 0.6) is 0 Å². The predicted molar refractivity (Wildman–Crippen MR) is 365 cm³/mol. The maximum Gasteiger partial charge on any atom is 0.472 e. The van der Waals surface area contributed by atoms with Gasteiger partial charge in [0.1, 0.15) is 98.7 Å². The van der Waals surface area contributed by atoms with Gasteiger partial charge in [-0.15, -0.1) is 0 Å². The number of rotatable bonds is 58. The van der Waals surface area contributed by atoms with Gasteiger partial charge in [0.05, 0.1) is 13.2 Å². The van der Waals surface area contributed by atoms with Gasteiger partial charge in [-0.2, -0.15) is 0 Å². The lowest BCUT2D eigenvalue weighted by molar-refractivity contribution is -0.360. The first-order valence-corrected chi connectivity index (χ1v) is 39.2. The van der Waals surface area contributed by atoms with Gasteiger partial charge in [-0.05, 0) is 25.7 Å². The summed E-state index contributed by atoms with van der Waals surface area (Å²) in [6, 6.07) is 0. The molecular formula is C72H131O24P. The van der Waals surface area contributed by atoms with Crippen LogP contribution in [0.2, 0.25) is 0 Å². The molecule has 97 heavy (non-hydrogen) atoms. The molecule has 0 amide bonds. The van der Waals surface area contributed by atoms with Crippen LogP contribution in [0, 0.1) is 0 Å². The van der Waals surface area contributed by atoms with Crippen LogP contribution in [0.1, 0.15) is 284 Å². The Labute approximate surface area is 579 Å². The number of aliphatic hydroxyl groups excluding tert-OH is 10. The summed E-state index contributed by atoms with van der Waals surface area (Å²) in [5, 5.41) is 110. The van der Waals surface area contributed by atoms with E-state index >= 15 is 0 Å². The lowest BCUT2D eigenvalue weighted by Crippen LogP contribution is -2.69. The number of hydrogen-bond acceptors (Lipinski definition) is 23. The third-order valence-corrected chi connectivity index (χ3v) is 19.6. The van der Waals surface area contributed by atoms with Crippen LogP contribution in [0.3, 0.4) is 0 Å². The van der Waals surface area contributed by atoms with Crippen LogP contribution in [-0.2, 0) is 61.2 Å². The maximum atomic E-state index is 14.3. The number of phosphoric ester groups is 1. The van der Waals surface area contributed by atoms with E-state index in [4.69, 9.17) is 42.2 Å². The van der Waals surface area contributed by atoms with Crippen molar-refractivity contribution in [2.24, 2.45) is 0 Å². The molecule has 0 aromatic heterocycles. The Morgan fingerprint density at radius 3 is 1.22 bits per heavy atom. The molecule has 1 aliphatic carbocycles. The second-order valence-electron chi connectivity index (χ2n) is 27.1. The number of ether oxygens (including phenoxy) is 7. The van der Waals surface area contributed by atoms with Gasteiger partial charge in [0.25, 0.3) is 0 Å². The third-order valence-electron chi connectivity index (χ3n) is 18.6. The van der Waals surface area contributed by atoms with Crippen LogP contribution in [0.15, 0.2) is 24.3 Å². The summed E-state index contributed by atoms with van der Waals surface area (Å²) in [5.74, 6) is -2.21. The largest absolute Gasteiger partial charge is 0.472 e. The van der Waals surface area contributed by atoms with Crippen LogP contribution in [0.4, 0.5) is 0 Å². The second kappa shape index (κ2) is 54.1. The molecule has 568 valence electrons. The van der Waals surface area contributed by atoms with E-state index in [0.29, 0.717) is 12.8 Å². The van der Waals surface area contributed by atoms with E-state index in [1.54, 1.807) is 6.08 Å². The molecule has 25 heteroatoms. The van der Waals surface area contributed by atoms with Crippen molar-refractivity contribution in [3.8, 4) is 0 Å². The van der Waals surface area contributed by atoms with Gasteiger partial charge in [0.2, 0.25) is 0 Å². The van der Waals surface area contributed by atoms with E-state index in [-0.39, 0.29) is 12.8 Å². The van der Waals surface area contributed by atoms with E-state index in [1.807, 2.05) is 6.08 Å². The van der Waals surface area contributed by atoms with Crippen molar-refractivity contribution in [2.75, 3.05) is 26.4 Å². The summed E-state index contributed by atoms with van der Waals surface area (Å²) in [7, 11) is -5.70. The number of aliphatic hydroxyl groups is 10. The van der Waals surface area contributed by atoms with Crippen molar-refractivity contribution in [3.63, 3.8) is 0 Å². The van der Waals surface area contributed by atoms with E-state index in [0.717, 1.165) is 96.0 Å². The Hall–Kier alpha value is -2.56. The third kappa shape index (κ3) is 37.4. The molecule has 3 rings (SSSR count). The molecule has 24 nitrogen and oxygen atoms in total. The molecule has 3 aliphatic rings. The first-order chi connectivity index (χ1) is 46.8. The predicted octanol–water partition coefficient (Wildman–Crippen LogP) is 10.1. The van der Waals surface area contributed by atoms with Crippen molar-refractivity contribution < 1.29 is 117 Å². The van der Waals surface area contributed by atoms with Gasteiger partial charge < -0.3 is 89.1 Å². The zero-order valence-electron chi connectivity index (χ0n) is 59.1. The number of allylic oxidation sites excluding steroid dienone is 3. The molecule has 3 fully saturated rings. The fourth-order valence-electron chi connectivity index (χ4n) is 12.4. The molecular weight excluding hydrogens is 1280 g/mol. The fraction of sp³-hybridized carbons (Fsp3) is 0.903. The van der Waals surface area contributed by atoms with Crippen molar-refractivity contribution in [1.29, 1.82) is 0 Å². The molecule has 0 aromatic carbocycles. The molecule has 0 aromatic rings. The van der Waals surface area contributed by atoms with Gasteiger partial charge >= 0.3 is 25.7 Å². The Morgan fingerprint density at radius 1 is 0.423 bits per heavy atom. The molecule has 1 saturated carbocycles. The zero-order chi connectivity index (χ0) is 71.1. The quantitative estimate of drug-likeness (QED) is 0.00673. The fourth-order valence-corrected chi connectivity index (χ4v) is 13.4. The van der Waals surface area contributed by atoms with Crippen LogP contribution >= 0.6 is 7.82 Å². The summed E-state index contributed by atoms with van der Waals surface area (Å²) >= 11 is 0. The molecule has 18 unspecified atom stereocenters. The highest BCUT2D eigenvalue weighted by Gasteiger charge is 2.58. The minimum absolute atomic E-state index is 0.0385. The first kappa shape index (κ1) is 88.7. The summed E-state index contributed by atoms with van der Waals surface area (Å²) in [6.07, 6.45) is 14.5. The lowest BCUT2D eigenvalue weighted by atomic mass is 9.84. The molecule has 2 saturated heterocycles. The number of phosphoric acid groups is 1. The maximum absolute atomic E-state index is 14.3. The van der Waals surface area contributed by atoms with Gasteiger partial charge in [-0.3, -0.25) is 18.6 Å². The summed E-state index contributed by atoms with van der Waals surface area (Å²) in [5.41, 5.74) is 0. The Balaban J connectivity index is 1.75. The summed E-state index contributed by atoms with van der Waals surface area (Å²) < 4.78 is 64.8. The van der Waals surface area contributed by atoms with E-state index in [1.165, 1.54) is 154 Å². The molecule has 0 bridgehead atoms. The number of unbranched alkanes of at least 4 members (excludes halogenated alkanes) is 36. The monoisotopic (exact) mass is 1410 g/mol. The van der Waals surface area contributed by atoms with Gasteiger partial charge in [0.15, 0.2) is 18.7 Å². The summed E-state index contributed by atoms with van der Waals surface area (Å²) in [4.78, 5) is 50.8. The average Bonchev–Trinajstić information content (AvgIpc) is 0.772. The highest BCUT2D eigenvalue weighted by Crippen LogP contribution is 2.49. The number of hydrogen-bond donors (Lipinski definition) is 11. The minimum Gasteiger partial charge on any atom is -0.462 e. The standard InChI is InChI=1S/C72H131O24P/c1-4-7-10-13-16-19-22-25-27-30-32-35-38-41-44-47-57(75)89-52-55-60(78)62(80)67(85)72(93-55)95-69-65(83)63(81)64(82)68(94-71-66(84)61(79)59(77)54(49-73)92-71)70(69)96-97(86,87)90-51-53(50-88-56(74)46-43-40-37-34-31-28-24-21-18-15-12-9-6-3)91-58(76)48-45-42-39-36-33-29-26-23-20-17-14-11-8-5-2/h38,41,44,47,53-55,59-73,77-85H,4-37,39-40,42-43,45-46,48-52H2,1-3H3,(H,86,87)/b41-38+,47-44+. The van der Waals surface area contributed by atoms with Crippen molar-refractivity contribution in [1.82, 2.24) is 0 Å². The van der Waals surface area contributed by atoms with Gasteiger partial charge in [-0.25, -0.2) is 9.36 Å². The second-order valence-corrected chi connectivity index (χ2v) is 28.5. The molecule has 2 heterocycles. The number of esters is 3. The SMILES string of the molecule is CCCCCCCCCCCCC/C=C/C=C/C(=O)OCC1OC(OC2C(O)C(O)C(O)C(OC3OC(CO)C(O)C(O)C3O)C2OP(=O)(O)OCC(COC(=O)CCCCCCCCCCCCCCC)OC(=O)CCCCCCCCCCCCCCCC)C(O)C(O)C1O. The Bertz CT molecular complexity index is 2110. The molecule has 2 aliphatic heterocycles. The van der Waals surface area contributed by atoms with Crippen molar-refractivity contribution >= 4 is 25.7 Å². The molecule has 18 atom stereocenters. The topological polar surface area (TPSA) is 374 Å². The number of carbonyl (C=O) groups excluding carboxylic acids is 3. The lowest BCUT2D eigenvalue weighted by Gasteiger charge is -2.49. The van der Waals surface area contributed by atoms with Crippen molar-refractivity contribution in [3.05, 3.63) is 24.3 Å². The van der Waals surface area contributed by atoms with E-state index in [9.17, 15) is 74.9 Å². The minimum atomic E-state index is -5.70. The van der Waals surface area contributed by atoms with Gasteiger partial charge in [-0.1, -0.05) is 264 Å². The molecule has 11 N–H and O–H groups in total. The Morgan fingerprint density at radius 2 is 0.794 bits per heavy atom. The molecule has 0 radical (unpaired) electrons. The highest BCUT2D eigenvalue weighted by molar-refractivity contribution is 7.47.